The van der Waals surface area contributed by atoms with Crippen molar-refractivity contribution >= 4 is 5.97 Å². The molecule has 1 N–H and O–H groups in total. The van der Waals surface area contributed by atoms with Crippen molar-refractivity contribution in [3.8, 4) is 5.75 Å². The number of likely N-dealkylation sites (tertiary alicyclic amines) is 1. The van der Waals surface area contributed by atoms with Crippen LogP contribution < -0.4 is 4.74 Å². The van der Waals surface area contributed by atoms with Gasteiger partial charge < -0.3 is 9.84 Å². The maximum absolute atomic E-state index is 14.0. The van der Waals surface area contributed by atoms with Gasteiger partial charge in [-0.1, -0.05) is 12.1 Å². The van der Waals surface area contributed by atoms with E-state index >= 15 is 0 Å². The second-order valence-corrected chi connectivity index (χ2v) is 8.59. The Bertz CT molecular complexity index is 909. The SMILES string of the molecule is CC(c1cc(F)ccc1F)N1CC(COc2cccc([C@@H](CC(=O)O)C3CC3)c2)C1. The number of carboxylic acid groups (broad SMARTS) is 1. The zero-order chi connectivity index (χ0) is 21.3. The molecular formula is C24H27F2NO3. The fraction of sp³-hybridized carbons (Fsp3) is 0.458. The molecule has 1 unspecified atom stereocenters. The van der Waals surface area contributed by atoms with Crippen LogP contribution in [0, 0.1) is 23.5 Å². The third kappa shape index (κ3) is 4.81. The van der Waals surface area contributed by atoms with E-state index in [9.17, 15) is 18.7 Å². The first-order chi connectivity index (χ1) is 14.4. The number of ether oxygens (including phenoxy) is 1. The molecule has 1 heterocycles. The molecule has 6 heteroatoms. The molecule has 2 fully saturated rings. The second-order valence-electron chi connectivity index (χ2n) is 8.59. The van der Waals surface area contributed by atoms with E-state index < -0.39 is 11.8 Å². The average Bonchev–Trinajstić information content (AvgIpc) is 3.52. The van der Waals surface area contributed by atoms with Crippen molar-refractivity contribution in [3.63, 3.8) is 0 Å². The van der Waals surface area contributed by atoms with Crippen LogP contribution in [0.1, 0.15) is 49.3 Å². The Labute approximate surface area is 175 Å². The summed E-state index contributed by atoms with van der Waals surface area (Å²) in [6.07, 6.45) is 2.33. The molecular weight excluding hydrogens is 388 g/mol. The fourth-order valence-electron chi connectivity index (χ4n) is 4.36. The molecule has 0 spiro atoms. The molecule has 2 aromatic rings. The summed E-state index contributed by atoms with van der Waals surface area (Å²) in [5.41, 5.74) is 1.41. The van der Waals surface area contributed by atoms with E-state index in [-0.39, 0.29) is 24.2 Å². The van der Waals surface area contributed by atoms with Crippen LogP contribution in [0.3, 0.4) is 0 Å². The molecule has 0 radical (unpaired) electrons. The van der Waals surface area contributed by atoms with E-state index in [2.05, 4.69) is 4.90 Å². The number of aliphatic carboxylic acids is 1. The molecule has 160 valence electrons. The highest BCUT2D eigenvalue weighted by atomic mass is 19.1. The smallest absolute Gasteiger partial charge is 0.303 e. The number of carboxylic acids is 1. The summed E-state index contributed by atoms with van der Waals surface area (Å²) in [6.45, 7) is 3.96. The molecule has 0 bridgehead atoms. The lowest BCUT2D eigenvalue weighted by Crippen LogP contribution is -2.50. The highest BCUT2D eigenvalue weighted by molar-refractivity contribution is 5.68. The highest BCUT2D eigenvalue weighted by Crippen LogP contribution is 2.45. The van der Waals surface area contributed by atoms with Crippen molar-refractivity contribution < 1.29 is 23.4 Å². The summed E-state index contributed by atoms with van der Waals surface area (Å²) in [5.74, 6) is 0.0141. The van der Waals surface area contributed by atoms with Gasteiger partial charge in [0.15, 0.2) is 0 Å². The van der Waals surface area contributed by atoms with Gasteiger partial charge in [-0.3, -0.25) is 9.69 Å². The van der Waals surface area contributed by atoms with Crippen LogP contribution in [-0.4, -0.2) is 35.7 Å². The molecule has 1 aliphatic carbocycles. The zero-order valence-electron chi connectivity index (χ0n) is 17.1. The van der Waals surface area contributed by atoms with Gasteiger partial charge in [-0.2, -0.15) is 0 Å². The lowest BCUT2D eigenvalue weighted by molar-refractivity contribution is -0.137. The molecule has 4 nitrogen and oxygen atoms in total. The summed E-state index contributed by atoms with van der Waals surface area (Å²) in [4.78, 5) is 13.3. The summed E-state index contributed by atoms with van der Waals surface area (Å²) in [7, 11) is 0. The molecule has 2 aromatic carbocycles. The average molecular weight is 415 g/mol. The minimum atomic E-state index is -0.767. The number of benzene rings is 2. The minimum Gasteiger partial charge on any atom is -0.493 e. The van der Waals surface area contributed by atoms with Crippen LogP contribution in [-0.2, 0) is 4.79 Å². The van der Waals surface area contributed by atoms with Crippen molar-refractivity contribution in [2.75, 3.05) is 19.7 Å². The molecule has 0 aromatic heterocycles. The largest absolute Gasteiger partial charge is 0.493 e. The molecule has 1 saturated carbocycles. The first kappa shape index (κ1) is 20.8. The third-order valence-corrected chi connectivity index (χ3v) is 6.30. The van der Waals surface area contributed by atoms with Gasteiger partial charge in [0.25, 0.3) is 0 Å². The van der Waals surface area contributed by atoms with E-state index in [1.165, 1.54) is 12.1 Å². The van der Waals surface area contributed by atoms with Gasteiger partial charge in [0.1, 0.15) is 17.4 Å². The van der Waals surface area contributed by atoms with Gasteiger partial charge in [-0.25, -0.2) is 8.78 Å². The Morgan fingerprint density at radius 2 is 1.97 bits per heavy atom. The Morgan fingerprint density at radius 1 is 1.20 bits per heavy atom. The summed E-state index contributed by atoms with van der Waals surface area (Å²) >= 11 is 0. The van der Waals surface area contributed by atoms with Crippen molar-refractivity contribution in [2.24, 2.45) is 11.8 Å². The fourth-order valence-corrected chi connectivity index (χ4v) is 4.36. The van der Waals surface area contributed by atoms with Gasteiger partial charge in [0, 0.05) is 30.6 Å². The molecule has 1 saturated heterocycles. The number of nitrogens with zero attached hydrogens (tertiary/aromatic N) is 1. The molecule has 0 amide bonds. The van der Waals surface area contributed by atoms with Crippen LogP contribution in [0.5, 0.6) is 5.75 Å². The van der Waals surface area contributed by atoms with Gasteiger partial charge in [-0.15, -0.1) is 0 Å². The topological polar surface area (TPSA) is 49.8 Å². The van der Waals surface area contributed by atoms with Crippen LogP contribution in [0.25, 0.3) is 0 Å². The van der Waals surface area contributed by atoms with Crippen molar-refractivity contribution in [1.82, 2.24) is 4.90 Å². The van der Waals surface area contributed by atoms with E-state index in [1.807, 2.05) is 31.2 Å². The Balaban J connectivity index is 1.30. The first-order valence-electron chi connectivity index (χ1n) is 10.5. The number of carbonyl (C=O) groups is 1. The van der Waals surface area contributed by atoms with E-state index in [4.69, 9.17) is 4.74 Å². The molecule has 30 heavy (non-hydrogen) atoms. The second kappa shape index (κ2) is 8.72. The monoisotopic (exact) mass is 415 g/mol. The molecule has 4 rings (SSSR count). The molecule has 1 aliphatic heterocycles. The molecule has 2 aliphatic rings. The Hall–Kier alpha value is -2.47. The van der Waals surface area contributed by atoms with Crippen molar-refractivity contribution in [1.29, 1.82) is 0 Å². The maximum atomic E-state index is 14.0. The lowest BCUT2D eigenvalue weighted by atomic mass is 9.91. The Kier molecular flexibility index (Phi) is 6.04. The quantitative estimate of drug-likeness (QED) is 0.626. The van der Waals surface area contributed by atoms with E-state index in [0.717, 1.165) is 43.3 Å². The van der Waals surface area contributed by atoms with Gasteiger partial charge >= 0.3 is 5.97 Å². The normalized spacial score (nSPS) is 19.2. The number of rotatable bonds is 9. The number of hydrogen-bond acceptors (Lipinski definition) is 3. The van der Waals surface area contributed by atoms with Gasteiger partial charge in [0.05, 0.1) is 13.0 Å². The lowest BCUT2D eigenvalue weighted by Gasteiger charge is -2.43. The predicted molar refractivity (Wildman–Crippen MR) is 109 cm³/mol. The van der Waals surface area contributed by atoms with E-state index in [1.54, 1.807) is 0 Å². The third-order valence-electron chi connectivity index (χ3n) is 6.30. The van der Waals surface area contributed by atoms with Crippen LogP contribution >= 0.6 is 0 Å². The van der Waals surface area contributed by atoms with Crippen LogP contribution in [0.4, 0.5) is 8.78 Å². The summed E-state index contributed by atoms with van der Waals surface area (Å²) in [5, 5.41) is 9.21. The number of hydrogen-bond donors (Lipinski definition) is 1. The van der Waals surface area contributed by atoms with Crippen molar-refractivity contribution in [3.05, 3.63) is 65.2 Å². The summed E-state index contributed by atoms with van der Waals surface area (Å²) < 4.78 is 33.4. The van der Waals surface area contributed by atoms with Gasteiger partial charge in [-0.05, 0) is 67.5 Å². The van der Waals surface area contributed by atoms with E-state index in [0.29, 0.717) is 24.0 Å². The Morgan fingerprint density at radius 3 is 2.67 bits per heavy atom. The van der Waals surface area contributed by atoms with Crippen LogP contribution in [0.15, 0.2) is 42.5 Å². The molecule has 2 atom stereocenters. The summed E-state index contributed by atoms with van der Waals surface area (Å²) in [6, 6.07) is 11.2. The standard InChI is InChI=1S/C24H27F2NO3/c1-15(21-10-19(25)7-8-23(21)26)27-12-16(13-27)14-30-20-4-2-3-18(9-20)22(11-24(28)29)17-5-6-17/h2-4,7-10,15-17,22H,5-6,11-14H2,1H3,(H,28,29)/t15?,22-/m0/s1. The predicted octanol–water partition coefficient (Wildman–Crippen LogP) is 5.00. The first-order valence-corrected chi connectivity index (χ1v) is 10.5. The minimum absolute atomic E-state index is 0.0484. The van der Waals surface area contributed by atoms with Crippen molar-refractivity contribution in [2.45, 2.75) is 38.1 Å². The number of halogens is 2. The zero-order valence-corrected chi connectivity index (χ0v) is 17.1. The highest BCUT2D eigenvalue weighted by Gasteiger charge is 2.34. The maximum Gasteiger partial charge on any atom is 0.303 e. The van der Waals surface area contributed by atoms with Gasteiger partial charge in [0.2, 0.25) is 0 Å². The van der Waals surface area contributed by atoms with Crippen LogP contribution in [0.2, 0.25) is 0 Å².